The third kappa shape index (κ3) is 5.91. The van der Waals surface area contributed by atoms with Gasteiger partial charge in [0.2, 0.25) is 0 Å². The number of carboxylic acids is 1. The van der Waals surface area contributed by atoms with Crippen molar-refractivity contribution in [3.63, 3.8) is 0 Å². The standard InChI is InChI=1S/C23H22F3NO4S/c1-13-11-16(5-9-19(13)31-12-21(29)30)18(28)8-10-20-14(2)27-22(32-20)15-3-6-17(7-4-15)23(24,25)26/h3-7,9,11,14,20H,8,10,12H2,1-2H3,(H,29,30). The number of ether oxygens (including phenoxy) is 1. The zero-order valence-electron chi connectivity index (χ0n) is 17.5. The number of ketones is 1. The third-order valence-corrected chi connectivity index (χ3v) is 6.58. The number of rotatable bonds is 8. The molecule has 1 N–H and O–H groups in total. The second kappa shape index (κ2) is 9.77. The van der Waals surface area contributed by atoms with Gasteiger partial charge in [0.25, 0.3) is 0 Å². The number of alkyl halides is 3. The van der Waals surface area contributed by atoms with Crippen LogP contribution in [-0.4, -0.2) is 39.8 Å². The zero-order valence-corrected chi connectivity index (χ0v) is 18.3. The van der Waals surface area contributed by atoms with Crippen LogP contribution in [0.25, 0.3) is 0 Å². The number of thioether (sulfide) groups is 1. The van der Waals surface area contributed by atoms with Crippen molar-refractivity contribution in [2.24, 2.45) is 4.99 Å². The predicted molar refractivity (Wildman–Crippen MR) is 117 cm³/mol. The van der Waals surface area contributed by atoms with E-state index in [0.717, 1.165) is 12.1 Å². The highest BCUT2D eigenvalue weighted by atomic mass is 32.2. The summed E-state index contributed by atoms with van der Waals surface area (Å²) < 4.78 is 43.4. The molecule has 9 heteroatoms. The summed E-state index contributed by atoms with van der Waals surface area (Å²) in [5, 5.41) is 9.44. The van der Waals surface area contributed by atoms with Gasteiger partial charge in [0.1, 0.15) is 5.75 Å². The average Bonchev–Trinajstić information content (AvgIpc) is 3.11. The van der Waals surface area contributed by atoms with E-state index in [2.05, 4.69) is 4.99 Å². The van der Waals surface area contributed by atoms with Crippen LogP contribution in [0.15, 0.2) is 47.5 Å². The Kier molecular flexibility index (Phi) is 7.28. The molecule has 0 bridgehead atoms. The molecule has 0 aromatic heterocycles. The second-order valence-electron chi connectivity index (χ2n) is 7.53. The minimum absolute atomic E-state index is 0.0475. The van der Waals surface area contributed by atoms with Crippen LogP contribution in [0.5, 0.6) is 5.75 Å². The van der Waals surface area contributed by atoms with Crippen molar-refractivity contribution in [1.29, 1.82) is 0 Å². The summed E-state index contributed by atoms with van der Waals surface area (Å²) in [6.45, 7) is 3.22. The van der Waals surface area contributed by atoms with Gasteiger partial charge < -0.3 is 9.84 Å². The summed E-state index contributed by atoms with van der Waals surface area (Å²) in [4.78, 5) is 27.8. The highest BCUT2D eigenvalue weighted by molar-refractivity contribution is 8.15. The van der Waals surface area contributed by atoms with Gasteiger partial charge in [-0.25, -0.2) is 4.79 Å². The fourth-order valence-electron chi connectivity index (χ4n) is 3.33. The van der Waals surface area contributed by atoms with Crippen LogP contribution in [-0.2, 0) is 11.0 Å². The van der Waals surface area contributed by atoms with Crippen LogP contribution >= 0.6 is 11.8 Å². The van der Waals surface area contributed by atoms with Crippen LogP contribution < -0.4 is 4.74 Å². The molecule has 32 heavy (non-hydrogen) atoms. The number of aliphatic carboxylic acids is 1. The Morgan fingerprint density at radius 3 is 2.44 bits per heavy atom. The lowest BCUT2D eigenvalue weighted by Crippen LogP contribution is -2.15. The maximum atomic E-state index is 12.8. The molecule has 0 radical (unpaired) electrons. The van der Waals surface area contributed by atoms with E-state index < -0.39 is 24.3 Å². The van der Waals surface area contributed by atoms with Crippen LogP contribution in [0, 0.1) is 6.92 Å². The summed E-state index contributed by atoms with van der Waals surface area (Å²) in [7, 11) is 0. The number of nitrogens with zero attached hydrogens (tertiary/aromatic N) is 1. The topological polar surface area (TPSA) is 76.0 Å². The number of hydrogen-bond donors (Lipinski definition) is 1. The molecule has 1 heterocycles. The van der Waals surface area contributed by atoms with Gasteiger partial charge in [0.15, 0.2) is 12.4 Å². The first-order valence-electron chi connectivity index (χ1n) is 9.95. The summed E-state index contributed by atoms with van der Waals surface area (Å²) >= 11 is 1.48. The van der Waals surface area contributed by atoms with Gasteiger partial charge in [-0.15, -0.1) is 11.8 Å². The largest absolute Gasteiger partial charge is 0.482 e. The lowest BCUT2D eigenvalue weighted by molar-refractivity contribution is -0.139. The minimum atomic E-state index is -4.38. The van der Waals surface area contributed by atoms with E-state index in [0.29, 0.717) is 40.3 Å². The predicted octanol–water partition coefficient (Wildman–Crippen LogP) is 5.39. The lowest BCUT2D eigenvalue weighted by atomic mass is 10.0. The molecule has 0 fully saturated rings. The normalized spacial score (nSPS) is 18.3. The van der Waals surface area contributed by atoms with Gasteiger partial charge in [-0.05, 0) is 56.2 Å². The van der Waals surface area contributed by atoms with Crippen molar-refractivity contribution in [2.75, 3.05) is 6.61 Å². The van der Waals surface area contributed by atoms with E-state index >= 15 is 0 Å². The smallest absolute Gasteiger partial charge is 0.416 e. The Hall–Kier alpha value is -2.81. The molecule has 0 saturated carbocycles. The van der Waals surface area contributed by atoms with Gasteiger partial charge in [-0.2, -0.15) is 13.2 Å². The molecule has 2 aromatic rings. The minimum Gasteiger partial charge on any atom is -0.482 e. The fourth-order valence-corrected chi connectivity index (χ4v) is 4.61. The van der Waals surface area contributed by atoms with Gasteiger partial charge in [-0.3, -0.25) is 9.79 Å². The molecule has 2 atom stereocenters. The highest BCUT2D eigenvalue weighted by Crippen LogP contribution is 2.35. The number of benzene rings is 2. The Balaban J connectivity index is 1.57. The number of carbonyl (C=O) groups excluding carboxylic acids is 1. The van der Waals surface area contributed by atoms with Crippen LogP contribution in [0.4, 0.5) is 13.2 Å². The van der Waals surface area contributed by atoms with E-state index in [9.17, 15) is 22.8 Å². The fraction of sp³-hybridized carbons (Fsp3) is 0.348. The quantitative estimate of drug-likeness (QED) is 0.529. The molecular weight excluding hydrogens is 443 g/mol. The molecule has 1 aliphatic heterocycles. The summed E-state index contributed by atoms with van der Waals surface area (Å²) in [5.74, 6) is -0.710. The van der Waals surface area contributed by atoms with Crippen LogP contribution in [0.2, 0.25) is 0 Å². The number of carbonyl (C=O) groups is 2. The van der Waals surface area contributed by atoms with E-state index in [-0.39, 0.29) is 17.1 Å². The highest BCUT2D eigenvalue weighted by Gasteiger charge is 2.31. The number of aliphatic imine (C=N–C) groups is 1. The molecule has 0 saturated heterocycles. The van der Waals surface area contributed by atoms with Crippen molar-refractivity contribution in [1.82, 2.24) is 0 Å². The molecule has 2 unspecified atom stereocenters. The molecule has 3 rings (SSSR count). The number of Topliss-reactive ketones (excluding diaryl/α,β-unsaturated/α-hetero) is 1. The molecule has 0 aliphatic carbocycles. The molecule has 0 amide bonds. The Labute approximate surface area is 187 Å². The molecule has 0 spiro atoms. The number of halogens is 3. The van der Waals surface area contributed by atoms with Crippen LogP contribution in [0.1, 0.15) is 46.8 Å². The van der Waals surface area contributed by atoms with Crippen molar-refractivity contribution in [3.8, 4) is 5.75 Å². The summed E-state index contributed by atoms with van der Waals surface area (Å²) in [6, 6.07) is 9.76. The van der Waals surface area contributed by atoms with Crippen molar-refractivity contribution < 1.29 is 32.6 Å². The summed E-state index contributed by atoms with van der Waals surface area (Å²) in [5.41, 5.74) is 1.13. The number of aryl methyl sites for hydroxylation is 1. The average molecular weight is 465 g/mol. The first kappa shape index (κ1) is 23.8. The van der Waals surface area contributed by atoms with Crippen molar-refractivity contribution in [2.45, 2.75) is 44.2 Å². The van der Waals surface area contributed by atoms with Gasteiger partial charge >= 0.3 is 12.1 Å². The second-order valence-corrected chi connectivity index (χ2v) is 8.76. The van der Waals surface area contributed by atoms with Crippen molar-refractivity contribution in [3.05, 3.63) is 64.7 Å². The number of carboxylic acid groups (broad SMARTS) is 1. The molecule has 170 valence electrons. The van der Waals surface area contributed by atoms with Gasteiger partial charge in [-0.1, -0.05) is 12.1 Å². The first-order valence-corrected chi connectivity index (χ1v) is 10.8. The SMILES string of the molecule is Cc1cc(C(=O)CCC2SC(c3ccc(C(F)(F)F)cc3)=NC2C)ccc1OCC(=O)O. The van der Waals surface area contributed by atoms with E-state index in [1.807, 2.05) is 6.92 Å². The summed E-state index contributed by atoms with van der Waals surface area (Å²) in [6.07, 6.45) is -3.50. The Morgan fingerprint density at radius 2 is 1.84 bits per heavy atom. The van der Waals surface area contributed by atoms with E-state index in [1.165, 1.54) is 23.9 Å². The van der Waals surface area contributed by atoms with Gasteiger partial charge in [0.05, 0.1) is 16.6 Å². The van der Waals surface area contributed by atoms with E-state index in [1.54, 1.807) is 25.1 Å². The molecule has 2 aromatic carbocycles. The zero-order chi connectivity index (χ0) is 23.5. The Bertz CT molecular complexity index is 1030. The molecular formula is C23H22F3NO4S. The number of hydrogen-bond acceptors (Lipinski definition) is 5. The molecule has 1 aliphatic rings. The van der Waals surface area contributed by atoms with Crippen LogP contribution in [0.3, 0.4) is 0 Å². The van der Waals surface area contributed by atoms with E-state index in [4.69, 9.17) is 9.84 Å². The maximum absolute atomic E-state index is 12.8. The van der Waals surface area contributed by atoms with Crippen molar-refractivity contribution >= 4 is 28.6 Å². The Morgan fingerprint density at radius 1 is 1.16 bits per heavy atom. The van der Waals surface area contributed by atoms with Gasteiger partial charge in [0, 0.05) is 22.8 Å². The molecule has 5 nitrogen and oxygen atoms in total. The first-order chi connectivity index (χ1) is 15.0. The monoisotopic (exact) mass is 465 g/mol. The maximum Gasteiger partial charge on any atom is 0.416 e. The third-order valence-electron chi connectivity index (χ3n) is 5.09. The lowest BCUT2D eigenvalue weighted by Gasteiger charge is -2.13.